The molecule has 1 aliphatic rings. The minimum Gasteiger partial charge on any atom is -0.495 e. The smallest absolute Gasteiger partial charge is 0.143 e. The van der Waals surface area contributed by atoms with E-state index in [9.17, 15) is 5.11 Å². The van der Waals surface area contributed by atoms with Crippen LogP contribution in [-0.4, -0.2) is 25.4 Å². The summed E-state index contributed by atoms with van der Waals surface area (Å²) < 4.78 is 10.6. The molecular formula is C11H14ClNO3. The van der Waals surface area contributed by atoms with Crippen LogP contribution in [0.25, 0.3) is 0 Å². The van der Waals surface area contributed by atoms with Gasteiger partial charge in [-0.1, -0.05) is 11.6 Å². The Bertz CT molecular complexity index is 409. The van der Waals surface area contributed by atoms with Crippen LogP contribution in [0.3, 0.4) is 0 Å². The van der Waals surface area contributed by atoms with E-state index >= 15 is 0 Å². The quantitative estimate of drug-likeness (QED) is 0.839. The van der Waals surface area contributed by atoms with Gasteiger partial charge in [0.15, 0.2) is 0 Å². The molecule has 16 heavy (non-hydrogen) atoms. The van der Waals surface area contributed by atoms with Crippen molar-refractivity contribution in [2.45, 2.75) is 12.5 Å². The topological polar surface area (TPSA) is 64.7 Å². The van der Waals surface area contributed by atoms with Crippen LogP contribution >= 0.6 is 11.6 Å². The minimum atomic E-state index is -0.790. The second kappa shape index (κ2) is 4.49. The van der Waals surface area contributed by atoms with E-state index in [1.165, 1.54) is 7.11 Å². The van der Waals surface area contributed by atoms with Gasteiger partial charge in [-0.3, -0.25) is 0 Å². The Labute approximate surface area is 98.9 Å². The highest BCUT2D eigenvalue weighted by Gasteiger charge is 2.24. The lowest BCUT2D eigenvalue weighted by molar-refractivity contribution is 0.181. The molecule has 3 N–H and O–H groups in total. The monoisotopic (exact) mass is 243 g/mol. The van der Waals surface area contributed by atoms with Crippen molar-refractivity contribution in [2.24, 2.45) is 5.73 Å². The van der Waals surface area contributed by atoms with E-state index in [1.54, 1.807) is 6.07 Å². The molecule has 88 valence electrons. The van der Waals surface area contributed by atoms with E-state index in [1.807, 2.05) is 0 Å². The Kier molecular flexibility index (Phi) is 3.23. The molecule has 1 aromatic rings. The van der Waals surface area contributed by atoms with E-state index in [2.05, 4.69) is 0 Å². The van der Waals surface area contributed by atoms with Crippen molar-refractivity contribution >= 4 is 11.6 Å². The molecule has 1 atom stereocenters. The summed E-state index contributed by atoms with van der Waals surface area (Å²) in [6.07, 6.45) is -0.0225. The zero-order valence-electron chi connectivity index (χ0n) is 9.00. The molecule has 0 amide bonds. The SMILES string of the molecule is COc1c(C(O)CN)cc2c(c1Cl)CCO2. The number of rotatable bonds is 3. The molecular weight excluding hydrogens is 230 g/mol. The number of aliphatic hydroxyl groups is 1. The number of ether oxygens (including phenoxy) is 2. The molecule has 0 spiro atoms. The highest BCUT2D eigenvalue weighted by atomic mass is 35.5. The third-order valence-corrected chi connectivity index (χ3v) is 3.11. The van der Waals surface area contributed by atoms with Crippen LogP contribution in [0.1, 0.15) is 17.2 Å². The lowest BCUT2D eigenvalue weighted by Crippen LogP contribution is -2.13. The van der Waals surface area contributed by atoms with Crippen LogP contribution < -0.4 is 15.2 Å². The molecule has 2 rings (SSSR count). The highest BCUT2D eigenvalue weighted by molar-refractivity contribution is 6.33. The Morgan fingerprint density at radius 2 is 2.44 bits per heavy atom. The number of fused-ring (bicyclic) bond motifs is 1. The summed E-state index contributed by atoms with van der Waals surface area (Å²) in [5.74, 6) is 1.21. The number of nitrogens with two attached hydrogens (primary N) is 1. The first-order valence-electron chi connectivity index (χ1n) is 5.09. The van der Waals surface area contributed by atoms with E-state index in [0.29, 0.717) is 28.7 Å². The molecule has 0 aromatic heterocycles. The predicted octanol–water partition coefficient (Wildman–Crippen LogP) is 1.28. The largest absolute Gasteiger partial charge is 0.495 e. The van der Waals surface area contributed by atoms with Gasteiger partial charge in [-0.2, -0.15) is 0 Å². The first kappa shape index (κ1) is 11.5. The molecule has 1 aliphatic heterocycles. The average Bonchev–Trinajstić information content (AvgIpc) is 2.76. The van der Waals surface area contributed by atoms with Crippen molar-refractivity contribution in [3.05, 3.63) is 22.2 Å². The first-order valence-corrected chi connectivity index (χ1v) is 5.47. The van der Waals surface area contributed by atoms with Crippen LogP contribution in [0.2, 0.25) is 5.02 Å². The maximum Gasteiger partial charge on any atom is 0.143 e. The molecule has 1 aromatic carbocycles. The van der Waals surface area contributed by atoms with Gasteiger partial charge in [0, 0.05) is 24.1 Å². The molecule has 0 radical (unpaired) electrons. The molecule has 0 bridgehead atoms. The van der Waals surface area contributed by atoms with Gasteiger partial charge in [-0.25, -0.2) is 0 Å². The van der Waals surface area contributed by atoms with Crippen LogP contribution in [0.15, 0.2) is 6.07 Å². The minimum absolute atomic E-state index is 0.117. The lowest BCUT2D eigenvalue weighted by Gasteiger charge is -2.16. The van der Waals surface area contributed by atoms with E-state index in [0.717, 1.165) is 12.0 Å². The van der Waals surface area contributed by atoms with Gasteiger partial charge in [0.1, 0.15) is 11.5 Å². The Morgan fingerprint density at radius 1 is 1.69 bits per heavy atom. The van der Waals surface area contributed by atoms with Crippen molar-refractivity contribution in [2.75, 3.05) is 20.3 Å². The summed E-state index contributed by atoms with van der Waals surface area (Å²) in [7, 11) is 1.52. The third kappa shape index (κ3) is 1.73. The van der Waals surface area contributed by atoms with Gasteiger partial charge in [0.25, 0.3) is 0 Å². The molecule has 4 nitrogen and oxygen atoms in total. The Balaban J connectivity index is 2.56. The molecule has 0 aliphatic carbocycles. The second-order valence-electron chi connectivity index (χ2n) is 3.64. The van der Waals surface area contributed by atoms with E-state index in [4.69, 9.17) is 26.8 Å². The van der Waals surface area contributed by atoms with Crippen LogP contribution in [0, 0.1) is 0 Å². The molecule has 1 unspecified atom stereocenters. The van der Waals surface area contributed by atoms with Gasteiger partial charge in [-0.15, -0.1) is 0 Å². The summed E-state index contributed by atoms with van der Waals surface area (Å²) in [5, 5.41) is 10.3. The average molecular weight is 244 g/mol. The maximum absolute atomic E-state index is 9.78. The van der Waals surface area contributed by atoms with Crippen LogP contribution in [0.4, 0.5) is 0 Å². The fraction of sp³-hybridized carbons (Fsp3) is 0.455. The molecule has 5 heteroatoms. The summed E-state index contributed by atoms with van der Waals surface area (Å²) in [6, 6.07) is 1.75. The normalized spacial score (nSPS) is 15.5. The van der Waals surface area contributed by atoms with E-state index < -0.39 is 6.10 Å². The number of benzene rings is 1. The van der Waals surface area contributed by atoms with Gasteiger partial charge < -0.3 is 20.3 Å². The van der Waals surface area contributed by atoms with Crippen molar-refractivity contribution < 1.29 is 14.6 Å². The van der Waals surface area contributed by atoms with Crippen LogP contribution in [0.5, 0.6) is 11.5 Å². The predicted molar refractivity (Wildman–Crippen MR) is 61.2 cm³/mol. The van der Waals surface area contributed by atoms with Crippen molar-refractivity contribution in [3.63, 3.8) is 0 Å². The Hall–Kier alpha value is -0.970. The second-order valence-corrected chi connectivity index (χ2v) is 4.02. The summed E-state index contributed by atoms with van der Waals surface area (Å²) >= 11 is 6.20. The number of halogens is 1. The third-order valence-electron chi connectivity index (χ3n) is 2.71. The number of hydrogen-bond donors (Lipinski definition) is 2. The van der Waals surface area contributed by atoms with Gasteiger partial charge in [0.2, 0.25) is 0 Å². The summed E-state index contributed by atoms with van der Waals surface area (Å²) in [4.78, 5) is 0. The van der Waals surface area contributed by atoms with Gasteiger partial charge in [0.05, 0.1) is 24.8 Å². The van der Waals surface area contributed by atoms with Crippen LogP contribution in [-0.2, 0) is 6.42 Å². The Morgan fingerprint density at radius 3 is 3.06 bits per heavy atom. The summed E-state index contributed by atoms with van der Waals surface area (Å²) in [6.45, 7) is 0.728. The number of hydrogen-bond acceptors (Lipinski definition) is 4. The van der Waals surface area contributed by atoms with Crippen molar-refractivity contribution in [1.82, 2.24) is 0 Å². The van der Waals surface area contributed by atoms with Crippen molar-refractivity contribution in [3.8, 4) is 11.5 Å². The first-order chi connectivity index (χ1) is 7.69. The number of methoxy groups -OCH3 is 1. The highest BCUT2D eigenvalue weighted by Crippen LogP contribution is 2.42. The molecule has 0 saturated heterocycles. The molecule has 0 saturated carbocycles. The zero-order chi connectivity index (χ0) is 11.7. The summed E-state index contributed by atoms with van der Waals surface area (Å²) in [5.41, 5.74) is 6.95. The maximum atomic E-state index is 9.78. The lowest BCUT2D eigenvalue weighted by atomic mass is 10.0. The number of aliphatic hydroxyl groups excluding tert-OH is 1. The zero-order valence-corrected chi connectivity index (χ0v) is 9.75. The van der Waals surface area contributed by atoms with Gasteiger partial charge >= 0.3 is 0 Å². The fourth-order valence-electron chi connectivity index (χ4n) is 1.87. The van der Waals surface area contributed by atoms with Gasteiger partial charge in [-0.05, 0) is 6.07 Å². The van der Waals surface area contributed by atoms with Crippen molar-refractivity contribution in [1.29, 1.82) is 0 Å². The standard InChI is InChI=1S/C11H14ClNO3/c1-15-11-7(8(14)5-13)4-9-6(10(11)12)2-3-16-9/h4,8,14H,2-3,5,13H2,1H3. The molecule has 1 heterocycles. The fourth-order valence-corrected chi connectivity index (χ4v) is 2.25. The van der Waals surface area contributed by atoms with E-state index in [-0.39, 0.29) is 6.54 Å². The molecule has 0 fully saturated rings.